The standard InChI is InChI=1S/C20H28N6O/c27-20(19-5-3-18(4-6-19)15-24-7-1-2-8-24)25-12-9-23(10-13-25)11-14-26-17-21-16-22-26/h3-6,16-17H,1-2,7-15H2. The molecule has 1 amide bonds. The average molecular weight is 368 g/mol. The maximum absolute atomic E-state index is 12.8. The van der Waals surface area contributed by atoms with Gasteiger partial charge in [-0.3, -0.25) is 19.3 Å². The molecule has 7 nitrogen and oxygen atoms in total. The van der Waals surface area contributed by atoms with Gasteiger partial charge in [-0.2, -0.15) is 5.10 Å². The van der Waals surface area contributed by atoms with Crippen LogP contribution in [0.2, 0.25) is 0 Å². The molecule has 2 aliphatic rings. The van der Waals surface area contributed by atoms with Crippen molar-refractivity contribution in [2.24, 2.45) is 0 Å². The zero-order chi connectivity index (χ0) is 18.5. The summed E-state index contributed by atoms with van der Waals surface area (Å²) in [5, 5.41) is 4.13. The SMILES string of the molecule is O=C(c1ccc(CN2CCCC2)cc1)N1CCN(CCn2cncn2)CC1. The van der Waals surface area contributed by atoms with Gasteiger partial charge in [0, 0.05) is 44.8 Å². The topological polar surface area (TPSA) is 57.5 Å². The van der Waals surface area contributed by atoms with Gasteiger partial charge in [0.05, 0.1) is 6.54 Å². The van der Waals surface area contributed by atoms with E-state index in [2.05, 4.69) is 32.0 Å². The number of hydrogen-bond acceptors (Lipinski definition) is 5. The largest absolute Gasteiger partial charge is 0.336 e. The first-order valence-corrected chi connectivity index (χ1v) is 9.93. The van der Waals surface area contributed by atoms with E-state index in [1.54, 1.807) is 12.7 Å². The first-order chi connectivity index (χ1) is 13.3. The van der Waals surface area contributed by atoms with E-state index >= 15 is 0 Å². The number of nitrogens with zero attached hydrogens (tertiary/aromatic N) is 6. The van der Waals surface area contributed by atoms with Crippen molar-refractivity contribution in [3.8, 4) is 0 Å². The fourth-order valence-electron chi connectivity index (χ4n) is 3.90. The second kappa shape index (κ2) is 8.63. The van der Waals surface area contributed by atoms with Crippen LogP contribution in [-0.4, -0.2) is 81.2 Å². The summed E-state index contributed by atoms with van der Waals surface area (Å²) in [7, 11) is 0. The number of rotatable bonds is 6. The van der Waals surface area contributed by atoms with E-state index in [1.165, 1.54) is 31.5 Å². The number of aromatic nitrogens is 3. The Hall–Kier alpha value is -2.25. The van der Waals surface area contributed by atoms with E-state index in [0.717, 1.165) is 51.4 Å². The minimum Gasteiger partial charge on any atom is -0.336 e. The van der Waals surface area contributed by atoms with Crippen LogP contribution in [0, 0.1) is 0 Å². The first-order valence-electron chi connectivity index (χ1n) is 9.93. The maximum atomic E-state index is 12.8. The Kier molecular flexibility index (Phi) is 5.79. The number of piperazine rings is 1. The highest BCUT2D eigenvalue weighted by molar-refractivity contribution is 5.94. The molecule has 4 rings (SSSR count). The third-order valence-corrected chi connectivity index (χ3v) is 5.58. The zero-order valence-electron chi connectivity index (χ0n) is 15.8. The minimum atomic E-state index is 0.152. The van der Waals surface area contributed by atoms with Crippen LogP contribution in [0.25, 0.3) is 0 Å². The minimum absolute atomic E-state index is 0.152. The summed E-state index contributed by atoms with van der Waals surface area (Å²) in [5.41, 5.74) is 2.10. The third-order valence-electron chi connectivity index (χ3n) is 5.58. The van der Waals surface area contributed by atoms with E-state index in [9.17, 15) is 4.79 Å². The third kappa shape index (κ3) is 4.73. The van der Waals surface area contributed by atoms with Crippen LogP contribution in [0.5, 0.6) is 0 Å². The van der Waals surface area contributed by atoms with Gasteiger partial charge in [-0.05, 0) is 43.6 Å². The van der Waals surface area contributed by atoms with Crippen LogP contribution < -0.4 is 0 Å². The van der Waals surface area contributed by atoms with E-state index in [-0.39, 0.29) is 5.91 Å². The summed E-state index contributed by atoms with van der Waals surface area (Å²) in [6, 6.07) is 8.20. The summed E-state index contributed by atoms with van der Waals surface area (Å²) in [4.78, 5) is 23.6. The van der Waals surface area contributed by atoms with Gasteiger partial charge < -0.3 is 4.90 Å². The highest BCUT2D eigenvalue weighted by Crippen LogP contribution is 2.15. The number of likely N-dealkylation sites (tertiary alicyclic amines) is 1. The highest BCUT2D eigenvalue weighted by atomic mass is 16.2. The van der Waals surface area contributed by atoms with Crippen LogP contribution in [0.3, 0.4) is 0 Å². The molecular weight excluding hydrogens is 340 g/mol. The lowest BCUT2D eigenvalue weighted by Crippen LogP contribution is -2.49. The maximum Gasteiger partial charge on any atom is 0.253 e. The number of amides is 1. The summed E-state index contributed by atoms with van der Waals surface area (Å²) >= 11 is 0. The molecule has 0 aliphatic carbocycles. The molecule has 27 heavy (non-hydrogen) atoms. The number of hydrogen-bond donors (Lipinski definition) is 0. The number of carbonyl (C=O) groups excluding carboxylic acids is 1. The fourth-order valence-corrected chi connectivity index (χ4v) is 3.90. The molecule has 2 saturated heterocycles. The molecule has 7 heteroatoms. The highest BCUT2D eigenvalue weighted by Gasteiger charge is 2.22. The van der Waals surface area contributed by atoms with Crippen LogP contribution >= 0.6 is 0 Å². The molecule has 0 unspecified atom stereocenters. The van der Waals surface area contributed by atoms with Gasteiger partial charge in [0.2, 0.25) is 0 Å². The quantitative estimate of drug-likeness (QED) is 0.770. The Morgan fingerprint density at radius 2 is 1.63 bits per heavy atom. The lowest BCUT2D eigenvalue weighted by molar-refractivity contribution is 0.0632. The predicted octanol–water partition coefficient (Wildman–Crippen LogP) is 1.33. The molecular formula is C20H28N6O. The molecule has 2 aliphatic heterocycles. The van der Waals surface area contributed by atoms with E-state index < -0.39 is 0 Å². The van der Waals surface area contributed by atoms with Crippen molar-refractivity contribution in [2.45, 2.75) is 25.9 Å². The molecule has 0 spiro atoms. The lowest BCUT2D eigenvalue weighted by Gasteiger charge is -2.34. The molecule has 0 atom stereocenters. The molecule has 3 heterocycles. The van der Waals surface area contributed by atoms with Gasteiger partial charge in [0.1, 0.15) is 12.7 Å². The first kappa shape index (κ1) is 18.1. The molecule has 2 fully saturated rings. The van der Waals surface area contributed by atoms with E-state index in [4.69, 9.17) is 0 Å². The Bertz CT molecular complexity index is 715. The summed E-state index contributed by atoms with van der Waals surface area (Å²) in [6.45, 7) is 8.56. The predicted molar refractivity (Wildman–Crippen MR) is 103 cm³/mol. The Balaban J connectivity index is 1.24. The van der Waals surface area contributed by atoms with Gasteiger partial charge in [0.25, 0.3) is 5.91 Å². The summed E-state index contributed by atoms with van der Waals surface area (Å²) in [6.07, 6.45) is 5.92. The Labute approximate surface area is 160 Å². The molecule has 0 bridgehead atoms. The van der Waals surface area contributed by atoms with Crippen molar-refractivity contribution in [1.29, 1.82) is 0 Å². The molecule has 144 valence electrons. The van der Waals surface area contributed by atoms with Crippen molar-refractivity contribution < 1.29 is 4.79 Å². The van der Waals surface area contributed by atoms with Crippen molar-refractivity contribution >= 4 is 5.91 Å². The number of benzene rings is 1. The molecule has 0 saturated carbocycles. The van der Waals surface area contributed by atoms with Crippen molar-refractivity contribution in [3.63, 3.8) is 0 Å². The summed E-state index contributed by atoms with van der Waals surface area (Å²) in [5.74, 6) is 0.152. The van der Waals surface area contributed by atoms with Crippen LogP contribution in [0.1, 0.15) is 28.8 Å². The van der Waals surface area contributed by atoms with E-state index in [0.29, 0.717) is 0 Å². The zero-order valence-corrected chi connectivity index (χ0v) is 15.8. The average Bonchev–Trinajstić information content (AvgIpc) is 3.41. The molecule has 1 aromatic heterocycles. The van der Waals surface area contributed by atoms with Gasteiger partial charge in [-0.25, -0.2) is 4.98 Å². The van der Waals surface area contributed by atoms with Crippen molar-refractivity contribution in [1.82, 2.24) is 29.5 Å². The van der Waals surface area contributed by atoms with Crippen molar-refractivity contribution in [2.75, 3.05) is 45.8 Å². The second-order valence-electron chi connectivity index (χ2n) is 7.47. The normalized spacial score (nSPS) is 18.9. The smallest absolute Gasteiger partial charge is 0.253 e. The van der Waals surface area contributed by atoms with Crippen LogP contribution in [-0.2, 0) is 13.1 Å². The number of carbonyl (C=O) groups is 1. The second-order valence-corrected chi connectivity index (χ2v) is 7.47. The molecule has 0 radical (unpaired) electrons. The lowest BCUT2D eigenvalue weighted by atomic mass is 10.1. The Morgan fingerprint density at radius 3 is 2.30 bits per heavy atom. The van der Waals surface area contributed by atoms with E-state index in [1.807, 2.05) is 21.7 Å². The summed E-state index contributed by atoms with van der Waals surface area (Å²) < 4.78 is 1.85. The van der Waals surface area contributed by atoms with Crippen LogP contribution in [0.15, 0.2) is 36.9 Å². The molecule has 2 aromatic rings. The van der Waals surface area contributed by atoms with Crippen molar-refractivity contribution in [3.05, 3.63) is 48.0 Å². The molecule has 0 N–H and O–H groups in total. The molecule has 1 aromatic carbocycles. The van der Waals surface area contributed by atoms with Gasteiger partial charge in [0.15, 0.2) is 0 Å². The fraction of sp³-hybridized carbons (Fsp3) is 0.550. The Morgan fingerprint density at radius 1 is 0.889 bits per heavy atom. The monoisotopic (exact) mass is 368 g/mol. The van der Waals surface area contributed by atoms with Crippen LogP contribution in [0.4, 0.5) is 0 Å². The van der Waals surface area contributed by atoms with Gasteiger partial charge >= 0.3 is 0 Å². The van der Waals surface area contributed by atoms with Gasteiger partial charge in [-0.15, -0.1) is 0 Å². The van der Waals surface area contributed by atoms with Gasteiger partial charge in [-0.1, -0.05) is 12.1 Å².